The van der Waals surface area contributed by atoms with Crippen LogP contribution in [0.1, 0.15) is 23.7 Å². The molecule has 7 nitrogen and oxygen atoms in total. The maximum absolute atomic E-state index is 13.6. The molecule has 0 unspecified atom stereocenters. The summed E-state index contributed by atoms with van der Waals surface area (Å²) in [7, 11) is 0. The highest BCUT2D eigenvalue weighted by Gasteiger charge is 2.32. The minimum atomic E-state index is -5.00. The number of carbonyl (C=O) groups excluding carboxylic acids is 2. The topological polar surface area (TPSA) is 89.6 Å². The molecule has 2 amide bonds. The molecule has 2 rings (SSSR count). The molecular formula is C18H17F4N3O4. The Morgan fingerprint density at radius 2 is 1.93 bits per heavy atom. The van der Waals surface area contributed by atoms with Gasteiger partial charge in [-0.25, -0.2) is 9.37 Å². The molecule has 0 atom stereocenters. The first-order chi connectivity index (χ1) is 13.7. The lowest BCUT2D eigenvalue weighted by molar-refractivity contribution is -0.275. The summed E-state index contributed by atoms with van der Waals surface area (Å²) < 4.78 is 58.6. The van der Waals surface area contributed by atoms with E-state index >= 15 is 0 Å². The van der Waals surface area contributed by atoms with Gasteiger partial charge in [-0.05, 0) is 24.3 Å². The van der Waals surface area contributed by atoms with Crippen molar-refractivity contribution in [2.24, 2.45) is 0 Å². The van der Waals surface area contributed by atoms with Crippen LogP contribution in [0.25, 0.3) is 0 Å². The predicted molar refractivity (Wildman–Crippen MR) is 94.1 cm³/mol. The number of rotatable bonds is 8. The van der Waals surface area contributed by atoms with Gasteiger partial charge in [0.05, 0.1) is 6.54 Å². The van der Waals surface area contributed by atoms with Gasteiger partial charge in [0, 0.05) is 24.2 Å². The number of anilines is 1. The molecule has 1 heterocycles. The first-order valence-corrected chi connectivity index (χ1v) is 8.40. The number of carbonyl (C=O) groups is 2. The van der Waals surface area contributed by atoms with Crippen molar-refractivity contribution in [2.75, 3.05) is 18.5 Å². The Bertz CT molecular complexity index is 874. The maximum atomic E-state index is 13.6. The van der Waals surface area contributed by atoms with Crippen molar-refractivity contribution in [1.82, 2.24) is 10.3 Å². The van der Waals surface area contributed by atoms with E-state index in [1.165, 1.54) is 18.3 Å². The Morgan fingerprint density at radius 3 is 2.59 bits per heavy atom. The number of amides is 2. The van der Waals surface area contributed by atoms with Gasteiger partial charge in [-0.1, -0.05) is 6.92 Å². The number of nitrogens with one attached hydrogen (secondary N) is 2. The van der Waals surface area contributed by atoms with Crippen molar-refractivity contribution < 1.29 is 36.6 Å². The number of ether oxygens (including phenoxy) is 2. The van der Waals surface area contributed by atoms with E-state index in [0.717, 1.165) is 18.2 Å². The van der Waals surface area contributed by atoms with Crippen molar-refractivity contribution in [1.29, 1.82) is 0 Å². The standard InChI is InChI=1S/C18H17F4N3O4/c1-2-16(26)25-15-9-11(5-6-23-15)17(27)24-7-8-28-12-3-4-14(13(19)10-12)29-18(20,21)22/h3-6,9-10H,2,7-8H2,1H3,(H,24,27)(H,23,25,26). The molecule has 0 radical (unpaired) electrons. The quantitative estimate of drug-likeness (QED) is 0.510. The van der Waals surface area contributed by atoms with Crippen LogP contribution in [0.5, 0.6) is 11.5 Å². The third-order valence-electron chi connectivity index (χ3n) is 3.40. The lowest BCUT2D eigenvalue weighted by Crippen LogP contribution is -2.28. The number of halogens is 4. The van der Waals surface area contributed by atoms with Crippen LogP contribution in [0.15, 0.2) is 36.5 Å². The van der Waals surface area contributed by atoms with Gasteiger partial charge in [0.15, 0.2) is 11.6 Å². The maximum Gasteiger partial charge on any atom is 0.573 e. The van der Waals surface area contributed by atoms with Crippen LogP contribution in [0.3, 0.4) is 0 Å². The SMILES string of the molecule is CCC(=O)Nc1cc(C(=O)NCCOc2ccc(OC(F)(F)F)c(F)c2)ccn1. The molecule has 1 aromatic carbocycles. The lowest BCUT2D eigenvalue weighted by atomic mass is 10.2. The average Bonchev–Trinajstić information content (AvgIpc) is 2.66. The van der Waals surface area contributed by atoms with Gasteiger partial charge >= 0.3 is 6.36 Å². The van der Waals surface area contributed by atoms with Crippen molar-refractivity contribution in [3.8, 4) is 11.5 Å². The lowest BCUT2D eigenvalue weighted by Gasteiger charge is -2.12. The highest BCUT2D eigenvalue weighted by Crippen LogP contribution is 2.28. The van der Waals surface area contributed by atoms with E-state index < -0.39 is 23.8 Å². The summed E-state index contributed by atoms with van der Waals surface area (Å²) in [6, 6.07) is 5.50. The number of nitrogens with zero attached hydrogens (tertiary/aromatic N) is 1. The zero-order valence-electron chi connectivity index (χ0n) is 15.2. The molecule has 0 saturated carbocycles. The van der Waals surface area contributed by atoms with Gasteiger partial charge in [-0.15, -0.1) is 13.2 Å². The second-order valence-electron chi connectivity index (χ2n) is 5.58. The van der Waals surface area contributed by atoms with Crippen LogP contribution in [-0.2, 0) is 4.79 Å². The van der Waals surface area contributed by atoms with Gasteiger partial charge in [-0.3, -0.25) is 9.59 Å². The number of alkyl halides is 3. The Hall–Kier alpha value is -3.37. The van der Waals surface area contributed by atoms with E-state index in [1.807, 2.05) is 0 Å². The Balaban J connectivity index is 1.83. The van der Waals surface area contributed by atoms with Gasteiger partial charge < -0.3 is 20.1 Å². The Labute approximate surface area is 163 Å². The third-order valence-corrected chi connectivity index (χ3v) is 3.40. The largest absolute Gasteiger partial charge is 0.573 e. The fraction of sp³-hybridized carbons (Fsp3) is 0.278. The van der Waals surface area contributed by atoms with Crippen LogP contribution in [-0.4, -0.2) is 36.3 Å². The monoisotopic (exact) mass is 415 g/mol. The minimum Gasteiger partial charge on any atom is -0.492 e. The summed E-state index contributed by atoms with van der Waals surface area (Å²) in [5.41, 5.74) is 0.256. The summed E-state index contributed by atoms with van der Waals surface area (Å²) >= 11 is 0. The van der Waals surface area contributed by atoms with E-state index in [0.29, 0.717) is 0 Å². The number of hydrogen-bond acceptors (Lipinski definition) is 5. The van der Waals surface area contributed by atoms with Crippen LogP contribution in [0, 0.1) is 5.82 Å². The van der Waals surface area contributed by atoms with Gasteiger partial charge in [0.1, 0.15) is 18.2 Å². The molecule has 11 heteroatoms. The van der Waals surface area contributed by atoms with Gasteiger partial charge in [-0.2, -0.15) is 0 Å². The van der Waals surface area contributed by atoms with Gasteiger partial charge in [0.2, 0.25) is 5.91 Å². The van der Waals surface area contributed by atoms with Crippen molar-refractivity contribution in [3.63, 3.8) is 0 Å². The zero-order chi connectivity index (χ0) is 21.4. The van der Waals surface area contributed by atoms with E-state index in [9.17, 15) is 27.2 Å². The molecule has 0 bridgehead atoms. The zero-order valence-corrected chi connectivity index (χ0v) is 15.2. The highest BCUT2D eigenvalue weighted by atomic mass is 19.4. The molecule has 0 spiro atoms. The van der Waals surface area contributed by atoms with Crippen LogP contribution >= 0.6 is 0 Å². The number of pyridine rings is 1. The summed E-state index contributed by atoms with van der Waals surface area (Å²) in [5, 5.41) is 5.08. The summed E-state index contributed by atoms with van der Waals surface area (Å²) in [6.45, 7) is 1.66. The number of hydrogen-bond donors (Lipinski definition) is 2. The molecule has 0 aliphatic carbocycles. The van der Waals surface area contributed by atoms with E-state index in [1.54, 1.807) is 6.92 Å². The fourth-order valence-electron chi connectivity index (χ4n) is 2.09. The average molecular weight is 415 g/mol. The van der Waals surface area contributed by atoms with Crippen molar-refractivity contribution >= 4 is 17.6 Å². The van der Waals surface area contributed by atoms with Crippen LogP contribution in [0.4, 0.5) is 23.4 Å². The van der Waals surface area contributed by atoms with Crippen molar-refractivity contribution in [2.45, 2.75) is 19.7 Å². The van der Waals surface area contributed by atoms with Crippen LogP contribution in [0.2, 0.25) is 0 Å². The summed E-state index contributed by atoms with van der Waals surface area (Å²) in [6.07, 6.45) is -3.37. The Morgan fingerprint density at radius 1 is 1.17 bits per heavy atom. The van der Waals surface area contributed by atoms with E-state index in [4.69, 9.17) is 4.74 Å². The number of benzene rings is 1. The number of aromatic nitrogens is 1. The Kier molecular flexibility index (Phi) is 7.34. The fourth-order valence-corrected chi connectivity index (χ4v) is 2.09. The first kappa shape index (κ1) is 21.9. The predicted octanol–water partition coefficient (Wildman–Crippen LogP) is 3.28. The second-order valence-corrected chi connectivity index (χ2v) is 5.58. The van der Waals surface area contributed by atoms with Crippen molar-refractivity contribution in [3.05, 3.63) is 47.9 Å². The molecule has 0 aliphatic rings. The second kappa shape index (κ2) is 9.71. The summed E-state index contributed by atoms with van der Waals surface area (Å²) in [5.74, 6) is -2.70. The van der Waals surface area contributed by atoms with E-state index in [-0.39, 0.29) is 42.6 Å². The molecule has 0 saturated heterocycles. The van der Waals surface area contributed by atoms with Gasteiger partial charge in [0.25, 0.3) is 5.91 Å². The molecule has 2 N–H and O–H groups in total. The molecule has 29 heavy (non-hydrogen) atoms. The minimum absolute atomic E-state index is 0.0280. The molecule has 1 aromatic heterocycles. The van der Waals surface area contributed by atoms with Crippen LogP contribution < -0.4 is 20.1 Å². The smallest absolute Gasteiger partial charge is 0.492 e. The highest BCUT2D eigenvalue weighted by molar-refractivity contribution is 5.96. The first-order valence-electron chi connectivity index (χ1n) is 8.40. The third kappa shape index (κ3) is 7.28. The molecule has 0 fully saturated rings. The summed E-state index contributed by atoms with van der Waals surface area (Å²) in [4.78, 5) is 27.4. The molecule has 0 aliphatic heterocycles. The molecule has 2 aromatic rings. The molecule has 156 valence electrons. The normalized spacial score (nSPS) is 10.9. The molecular weight excluding hydrogens is 398 g/mol. The van der Waals surface area contributed by atoms with E-state index in [2.05, 4.69) is 20.4 Å².